The molecule has 8 heteroatoms. The van der Waals surface area contributed by atoms with Crippen molar-refractivity contribution < 1.29 is 18.7 Å². The van der Waals surface area contributed by atoms with Crippen molar-refractivity contribution in [3.63, 3.8) is 0 Å². The van der Waals surface area contributed by atoms with Crippen LogP contribution in [0.25, 0.3) is 11.0 Å². The molecule has 0 aliphatic heterocycles. The van der Waals surface area contributed by atoms with E-state index in [1.54, 1.807) is 55.5 Å². The van der Waals surface area contributed by atoms with Gasteiger partial charge in [-0.1, -0.05) is 12.1 Å². The molecule has 0 unspecified atom stereocenters. The Hall–Kier alpha value is -4.59. The molecule has 0 saturated carbocycles. The number of methoxy groups -OCH3 is 1. The molecule has 3 aromatic carbocycles. The topological polar surface area (TPSA) is 110 Å². The fraction of sp³-hybridized carbons (Fsp3) is 0.148. The Kier molecular flexibility index (Phi) is 6.82. The normalized spacial score (nSPS) is 11.5. The zero-order chi connectivity index (χ0) is 24.9. The minimum Gasteiger partial charge on any atom is -0.495 e. The molecule has 1 aromatic heterocycles. The van der Waals surface area contributed by atoms with Gasteiger partial charge in [0.05, 0.1) is 12.8 Å². The van der Waals surface area contributed by atoms with Crippen molar-refractivity contribution in [3.8, 4) is 5.75 Å². The Balaban J connectivity index is 1.38. The van der Waals surface area contributed by atoms with E-state index in [4.69, 9.17) is 9.15 Å². The van der Waals surface area contributed by atoms with Crippen LogP contribution in [0, 0.1) is 6.92 Å². The van der Waals surface area contributed by atoms with Gasteiger partial charge >= 0.3 is 5.63 Å². The van der Waals surface area contributed by atoms with Gasteiger partial charge in [-0.2, -0.15) is 0 Å². The van der Waals surface area contributed by atoms with Crippen molar-refractivity contribution in [2.45, 2.75) is 19.9 Å². The zero-order valence-corrected chi connectivity index (χ0v) is 19.5. The van der Waals surface area contributed by atoms with Crippen LogP contribution in [0.2, 0.25) is 0 Å². The van der Waals surface area contributed by atoms with E-state index in [9.17, 15) is 14.4 Å². The summed E-state index contributed by atoms with van der Waals surface area (Å²) in [5.41, 5.74) is 3.07. The predicted molar refractivity (Wildman–Crippen MR) is 136 cm³/mol. The first-order chi connectivity index (χ1) is 16.8. The summed E-state index contributed by atoms with van der Waals surface area (Å²) in [5.74, 6) is 0.0116. The highest BCUT2D eigenvalue weighted by Gasteiger charge is 2.15. The fourth-order valence-corrected chi connectivity index (χ4v) is 3.63. The zero-order valence-electron chi connectivity index (χ0n) is 19.5. The number of benzene rings is 3. The number of hydrogen-bond acceptors (Lipinski definition) is 6. The molecule has 178 valence electrons. The van der Waals surface area contributed by atoms with Gasteiger partial charge in [-0.3, -0.25) is 9.59 Å². The molecule has 2 amide bonds. The van der Waals surface area contributed by atoms with Crippen molar-refractivity contribution in [1.29, 1.82) is 0 Å². The first-order valence-corrected chi connectivity index (χ1v) is 11.0. The van der Waals surface area contributed by atoms with E-state index in [0.29, 0.717) is 34.0 Å². The first kappa shape index (κ1) is 23.6. The number of anilines is 3. The van der Waals surface area contributed by atoms with Crippen LogP contribution in [-0.2, 0) is 4.79 Å². The summed E-state index contributed by atoms with van der Waals surface area (Å²) in [6.45, 7) is 3.57. The maximum absolute atomic E-state index is 12.7. The van der Waals surface area contributed by atoms with Gasteiger partial charge in [0, 0.05) is 34.5 Å². The van der Waals surface area contributed by atoms with Crippen LogP contribution in [0.4, 0.5) is 17.1 Å². The number of aryl methyl sites for hydroxylation is 1. The number of ether oxygens (including phenoxy) is 1. The number of amides is 2. The lowest BCUT2D eigenvalue weighted by atomic mass is 10.1. The number of carbonyl (C=O) groups excluding carboxylic acids is 2. The van der Waals surface area contributed by atoms with Crippen LogP contribution in [0.15, 0.2) is 82.0 Å². The maximum Gasteiger partial charge on any atom is 0.336 e. The molecule has 1 atom stereocenters. The lowest BCUT2D eigenvalue weighted by molar-refractivity contribution is -0.116. The summed E-state index contributed by atoms with van der Waals surface area (Å²) in [6.07, 6.45) is 0. The standard InChI is InChI=1S/C27H25N3O5/c1-16-14-25(31)35-24-15-20(12-13-21(16)24)28-17(2)26(32)29-19-10-8-18(9-11-19)27(33)30-22-6-4-5-7-23(22)34-3/h4-15,17,28H,1-3H3,(H,29,32)(H,30,33)/t17-/m0/s1. The van der Waals surface area contributed by atoms with E-state index in [-0.39, 0.29) is 11.8 Å². The third kappa shape index (κ3) is 5.50. The Labute approximate surface area is 201 Å². The quantitative estimate of drug-likeness (QED) is 0.334. The van der Waals surface area contributed by atoms with Crippen molar-refractivity contribution in [2.75, 3.05) is 23.1 Å². The predicted octanol–water partition coefficient (Wildman–Crippen LogP) is 4.80. The molecule has 4 rings (SSSR count). The third-order valence-corrected chi connectivity index (χ3v) is 5.50. The number of para-hydroxylation sites is 2. The minimum atomic E-state index is -0.572. The van der Waals surface area contributed by atoms with Crippen LogP contribution in [0.5, 0.6) is 5.75 Å². The summed E-state index contributed by atoms with van der Waals surface area (Å²) in [6, 6.07) is 20.0. The van der Waals surface area contributed by atoms with E-state index in [1.165, 1.54) is 13.2 Å². The number of hydrogen-bond donors (Lipinski definition) is 3. The molecule has 0 aliphatic rings. The molecular weight excluding hydrogens is 446 g/mol. The molecular formula is C27H25N3O5. The lowest BCUT2D eigenvalue weighted by Crippen LogP contribution is -2.31. The van der Waals surface area contributed by atoms with Gasteiger partial charge in [0.2, 0.25) is 5.91 Å². The van der Waals surface area contributed by atoms with Gasteiger partial charge in [0.15, 0.2) is 0 Å². The van der Waals surface area contributed by atoms with Gasteiger partial charge in [0.1, 0.15) is 17.4 Å². The van der Waals surface area contributed by atoms with Crippen LogP contribution in [0.1, 0.15) is 22.8 Å². The highest BCUT2D eigenvalue weighted by atomic mass is 16.5. The van der Waals surface area contributed by atoms with Crippen molar-refractivity contribution in [1.82, 2.24) is 0 Å². The summed E-state index contributed by atoms with van der Waals surface area (Å²) in [4.78, 5) is 36.9. The SMILES string of the molecule is COc1ccccc1NC(=O)c1ccc(NC(=O)[C@H](C)Nc2ccc3c(C)cc(=O)oc3c2)cc1. The highest BCUT2D eigenvalue weighted by molar-refractivity contribution is 6.05. The Morgan fingerprint density at radius 2 is 1.63 bits per heavy atom. The van der Waals surface area contributed by atoms with Crippen molar-refractivity contribution in [3.05, 3.63) is 94.3 Å². The first-order valence-electron chi connectivity index (χ1n) is 11.0. The number of nitrogens with one attached hydrogen (secondary N) is 3. The average Bonchev–Trinajstić information content (AvgIpc) is 2.84. The van der Waals surface area contributed by atoms with Crippen molar-refractivity contribution in [2.24, 2.45) is 0 Å². The molecule has 0 radical (unpaired) electrons. The molecule has 35 heavy (non-hydrogen) atoms. The molecule has 8 nitrogen and oxygen atoms in total. The van der Waals surface area contributed by atoms with Crippen LogP contribution in [0.3, 0.4) is 0 Å². The second-order valence-electron chi connectivity index (χ2n) is 8.05. The number of rotatable bonds is 7. The summed E-state index contributed by atoms with van der Waals surface area (Å²) < 4.78 is 10.5. The summed E-state index contributed by atoms with van der Waals surface area (Å²) in [5, 5.41) is 9.59. The summed E-state index contributed by atoms with van der Waals surface area (Å²) >= 11 is 0. The van der Waals surface area contributed by atoms with Gasteiger partial charge in [-0.05, 0) is 67.9 Å². The summed E-state index contributed by atoms with van der Waals surface area (Å²) in [7, 11) is 1.54. The second kappa shape index (κ2) is 10.1. The van der Waals surface area contributed by atoms with Gasteiger partial charge in [0.25, 0.3) is 5.91 Å². The third-order valence-electron chi connectivity index (χ3n) is 5.50. The average molecular weight is 472 g/mol. The largest absolute Gasteiger partial charge is 0.495 e. The Bertz CT molecular complexity index is 1440. The molecule has 1 heterocycles. The molecule has 4 aromatic rings. The highest BCUT2D eigenvalue weighted by Crippen LogP contribution is 2.24. The van der Waals surface area contributed by atoms with Crippen molar-refractivity contribution >= 4 is 39.8 Å². The molecule has 0 bridgehead atoms. The van der Waals surface area contributed by atoms with Gasteiger partial charge in [-0.25, -0.2) is 4.79 Å². The van der Waals surface area contributed by atoms with E-state index in [0.717, 1.165) is 10.9 Å². The molecule has 0 aliphatic carbocycles. The fourth-order valence-electron chi connectivity index (χ4n) is 3.63. The van der Waals surface area contributed by atoms with E-state index in [2.05, 4.69) is 16.0 Å². The Morgan fingerprint density at radius 1 is 0.914 bits per heavy atom. The van der Waals surface area contributed by atoms with E-state index in [1.807, 2.05) is 25.1 Å². The monoisotopic (exact) mass is 471 g/mol. The van der Waals surface area contributed by atoms with E-state index < -0.39 is 11.7 Å². The molecule has 3 N–H and O–H groups in total. The second-order valence-corrected chi connectivity index (χ2v) is 8.05. The van der Waals surface area contributed by atoms with Gasteiger partial charge in [-0.15, -0.1) is 0 Å². The van der Waals surface area contributed by atoms with Crippen LogP contribution >= 0.6 is 0 Å². The molecule has 0 saturated heterocycles. The lowest BCUT2D eigenvalue weighted by Gasteiger charge is -2.16. The number of fused-ring (bicyclic) bond motifs is 1. The van der Waals surface area contributed by atoms with Gasteiger partial charge < -0.3 is 25.1 Å². The van der Waals surface area contributed by atoms with Crippen LogP contribution in [-0.4, -0.2) is 25.0 Å². The maximum atomic E-state index is 12.7. The molecule has 0 fully saturated rings. The van der Waals surface area contributed by atoms with E-state index >= 15 is 0 Å². The van der Waals surface area contributed by atoms with Crippen LogP contribution < -0.4 is 26.3 Å². The Morgan fingerprint density at radius 3 is 2.37 bits per heavy atom. The number of carbonyl (C=O) groups is 2. The smallest absolute Gasteiger partial charge is 0.336 e. The minimum absolute atomic E-state index is 0.262. The molecule has 0 spiro atoms.